The van der Waals surface area contributed by atoms with Crippen molar-refractivity contribution >= 4 is 11.0 Å². The number of benzene rings is 1. The van der Waals surface area contributed by atoms with Gasteiger partial charge in [0.05, 0.1) is 6.04 Å². The van der Waals surface area contributed by atoms with Crippen LogP contribution >= 0.6 is 0 Å². The van der Waals surface area contributed by atoms with E-state index in [2.05, 4.69) is 6.58 Å². The molecule has 0 fully saturated rings. The molecule has 0 amide bonds. The fraction of sp³-hybridized carbons (Fsp3) is 0.412. The number of allylic oxidation sites excluding steroid dienone is 1. The van der Waals surface area contributed by atoms with Crippen LogP contribution in [0.3, 0.4) is 0 Å². The standard InChI is InChI=1S/C17H22FNO/c1-3-4-5-6-7-8-15(19)17-12(2)14-11-13(18)9-10-16(14)20-17/h3,9-11,15H,1,4-8,19H2,2H3. The second-order valence-electron chi connectivity index (χ2n) is 5.26. The molecule has 3 heteroatoms. The monoisotopic (exact) mass is 275 g/mol. The van der Waals surface area contributed by atoms with Gasteiger partial charge in [0.1, 0.15) is 17.2 Å². The van der Waals surface area contributed by atoms with Crippen molar-refractivity contribution in [2.24, 2.45) is 5.73 Å². The number of rotatable bonds is 7. The zero-order valence-corrected chi connectivity index (χ0v) is 12.0. The first-order valence-corrected chi connectivity index (χ1v) is 7.18. The van der Waals surface area contributed by atoms with Gasteiger partial charge in [-0.25, -0.2) is 4.39 Å². The third-order valence-electron chi connectivity index (χ3n) is 3.70. The molecule has 20 heavy (non-hydrogen) atoms. The molecule has 1 unspecified atom stereocenters. The summed E-state index contributed by atoms with van der Waals surface area (Å²) in [6.07, 6.45) is 7.25. The predicted molar refractivity (Wildman–Crippen MR) is 81.1 cm³/mol. The molecule has 1 heterocycles. The molecule has 0 aliphatic carbocycles. The zero-order chi connectivity index (χ0) is 14.5. The van der Waals surface area contributed by atoms with E-state index in [-0.39, 0.29) is 11.9 Å². The fourth-order valence-electron chi connectivity index (χ4n) is 2.53. The van der Waals surface area contributed by atoms with Gasteiger partial charge in [-0.2, -0.15) is 0 Å². The highest BCUT2D eigenvalue weighted by molar-refractivity contribution is 5.82. The molecular formula is C17H22FNO. The van der Waals surface area contributed by atoms with Crippen molar-refractivity contribution in [1.82, 2.24) is 0 Å². The smallest absolute Gasteiger partial charge is 0.134 e. The average Bonchev–Trinajstić information content (AvgIpc) is 2.76. The first-order valence-electron chi connectivity index (χ1n) is 7.18. The minimum absolute atomic E-state index is 0.116. The first-order chi connectivity index (χ1) is 9.63. The van der Waals surface area contributed by atoms with E-state index in [9.17, 15) is 4.39 Å². The van der Waals surface area contributed by atoms with Crippen LogP contribution in [0.4, 0.5) is 4.39 Å². The summed E-state index contributed by atoms with van der Waals surface area (Å²) in [6.45, 7) is 5.66. The first kappa shape index (κ1) is 14.8. The van der Waals surface area contributed by atoms with E-state index in [1.165, 1.54) is 12.1 Å². The van der Waals surface area contributed by atoms with Gasteiger partial charge in [-0.15, -0.1) is 6.58 Å². The predicted octanol–water partition coefficient (Wildman–Crippen LogP) is 5.02. The van der Waals surface area contributed by atoms with E-state index < -0.39 is 0 Å². The minimum atomic E-state index is -0.244. The van der Waals surface area contributed by atoms with Gasteiger partial charge in [0.2, 0.25) is 0 Å². The van der Waals surface area contributed by atoms with E-state index >= 15 is 0 Å². The topological polar surface area (TPSA) is 39.2 Å². The number of furan rings is 1. The van der Waals surface area contributed by atoms with Gasteiger partial charge < -0.3 is 10.2 Å². The Hall–Kier alpha value is -1.61. The SMILES string of the molecule is C=CCCCCCC(N)c1oc2ccc(F)cc2c1C. The molecular weight excluding hydrogens is 253 g/mol. The molecule has 0 saturated carbocycles. The highest BCUT2D eigenvalue weighted by Gasteiger charge is 2.17. The lowest BCUT2D eigenvalue weighted by Crippen LogP contribution is -2.10. The van der Waals surface area contributed by atoms with Crippen LogP contribution < -0.4 is 5.73 Å². The third-order valence-corrected chi connectivity index (χ3v) is 3.70. The molecule has 0 aliphatic rings. The number of hydrogen-bond acceptors (Lipinski definition) is 2. The van der Waals surface area contributed by atoms with Crippen LogP contribution in [0.15, 0.2) is 35.3 Å². The van der Waals surface area contributed by atoms with Gasteiger partial charge in [-0.05, 0) is 44.4 Å². The van der Waals surface area contributed by atoms with Crippen LogP contribution in [0.25, 0.3) is 11.0 Å². The van der Waals surface area contributed by atoms with E-state index in [4.69, 9.17) is 10.2 Å². The summed E-state index contributed by atoms with van der Waals surface area (Å²) in [5, 5.41) is 0.821. The van der Waals surface area contributed by atoms with Gasteiger partial charge >= 0.3 is 0 Å². The summed E-state index contributed by atoms with van der Waals surface area (Å²) >= 11 is 0. The summed E-state index contributed by atoms with van der Waals surface area (Å²) in [5.41, 5.74) is 7.87. The second kappa shape index (κ2) is 6.71. The van der Waals surface area contributed by atoms with Crippen LogP contribution in [0.1, 0.15) is 49.5 Å². The largest absolute Gasteiger partial charge is 0.459 e. The molecule has 2 rings (SSSR count). The Morgan fingerprint density at radius 3 is 2.90 bits per heavy atom. The van der Waals surface area contributed by atoms with Crippen molar-refractivity contribution < 1.29 is 8.81 Å². The van der Waals surface area contributed by atoms with Crippen LogP contribution in [-0.4, -0.2) is 0 Å². The maximum atomic E-state index is 13.3. The normalized spacial score (nSPS) is 12.8. The Bertz CT molecular complexity index is 588. The lowest BCUT2D eigenvalue weighted by molar-refractivity contribution is 0.459. The average molecular weight is 275 g/mol. The van der Waals surface area contributed by atoms with Crippen molar-refractivity contribution in [3.05, 3.63) is 48.0 Å². The van der Waals surface area contributed by atoms with Gasteiger partial charge in [0, 0.05) is 10.9 Å². The van der Waals surface area contributed by atoms with Gasteiger partial charge in [0.15, 0.2) is 0 Å². The van der Waals surface area contributed by atoms with Gasteiger partial charge in [-0.1, -0.05) is 18.9 Å². The quantitative estimate of drug-likeness (QED) is 0.569. The highest BCUT2D eigenvalue weighted by Crippen LogP contribution is 2.31. The molecule has 1 aromatic heterocycles. The van der Waals surface area contributed by atoms with Crippen LogP contribution in [0, 0.1) is 12.7 Å². The summed E-state index contributed by atoms with van der Waals surface area (Å²) in [4.78, 5) is 0. The lowest BCUT2D eigenvalue weighted by Gasteiger charge is -2.09. The number of aryl methyl sites for hydroxylation is 1. The molecule has 2 nitrogen and oxygen atoms in total. The number of unbranched alkanes of at least 4 members (excludes halogenated alkanes) is 3. The van der Waals surface area contributed by atoms with Crippen molar-refractivity contribution in [1.29, 1.82) is 0 Å². The Balaban J connectivity index is 2.04. The minimum Gasteiger partial charge on any atom is -0.459 e. The molecule has 0 saturated heterocycles. The second-order valence-corrected chi connectivity index (χ2v) is 5.26. The van der Waals surface area contributed by atoms with Crippen molar-refractivity contribution in [2.75, 3.05) is 0 Å². The summed E-state index contributed by atoms with van der Waals surface area (Å²) in [7, 11) is 0. The zero-order valence-electron chi connectivity index (χ0n) is 12.0. The van der Waals surface area contributed by atoms with E-state index in [0.29, 0.717) is 5.58 Å². The molecule has 0 aliphatic heterocycles. The Labute approximate surface area is 119 Å². The summed E-state index contributed by atoms with van der Waals surface area (Å²) < 4.78 is 19.1. The number of nitrogens with two attached hydrogens (primary N) is 1. The van der Waals surface area contributed by atoms with Crippen molar-refractivity contribution in [3.8, 4) is 0 Å². The van der Waals surface area contributed by atoms with Crippen LogP contribution in [0.2, 0.25) is 0 Å². The Morgan fingerprint density at radius 2 is 2.15 bits per heavy atom. The highest BCUT2D eigenvalue weighted by atomic mass is 19.1. The maximum absolute atomic E-state index is 13.3. The molecule has 108 valence electrons. The molecule has 2 aromatic rings. The Morgan fingerprint density at radius 1 is 1.35 bits per heavy atom. The molecule has 0 radical (unpaired) electrons. The molecule has 0 spiro atoms. The summed E-state index contributed by atoms with van der Waals surface area (Å²) in [6, 6.07) is 4.47. The summed E-state index contributed by atoms with van der Waals surface area (Å²) in [5.74, 6) is 0.542. The Kier molecular flexibility index (Phi) is 4.96. The molecule has 1 atom stereocenters. The van der Waals surface area contributed by atoms with Crippen LogP contribution in [0.5, 0.6) is 0 Å². The van der Waals surface area contributed by atoms with Crippen molar-refractivity contribution in [2.45, 2.75) is 45.1 Å². The lowest BCUT2D eigenvalue weighted by atomic mass is 10.0. The van der Waals surface area contributed by atoms with Gasteiger partial charge in [-0.3, -0.25) is 0 Å². The van der Waals surface area contributed by atoms with Crippen molar-refractivity contribution in [3.63, 3.8) is 0 Å². The third kappa shape index (κ3) is 3.28. The molecule has 1 aromatic carbocycles. The van der Waals surface area contributed by atoms with E-state index in [1.807, 2.05) is 13.0 Å². The molecule has 2 N–H and O–H groups in total. The number of hydrogen-bond donors (Lipinski definition) is 1. The molecule has 0 bridgehead atoms. The number of fused-ring (bicyclic) bond motifs is 1. The fourth-order valence-corrected chi connectivity index (χ4v) is 2.53. The van der Waals surface area contributed by atoms with Crippen LogP contribution in [-0.2, 0) is 0 Å². The maximum Gasteiger partial charge on any atom is 0.134 e. The van der Waals surface area contributed by atoms with E-state index in [0.717, 1.165) is 48.8 Å². The van der Waals surface area contributed by atoms with E-state index in [1.54, 1.807) is 6.07 Å². The number of halogens is 1. The van der Waals surface area contributed by atoms with Gasteiger partial charge in [0.25, 0.3) is 0 Å².